The number of nitrogens with zero attached hydrogens (tertiary/aromatic N) is 4. The van der Waals surface area contributed by atoms with Gasteiger partial charge in [0.1, 0.15) is 0 Å². The molecule has 5 nitrogen and oxygen atoms in total. The fraction of sp³-hybridized carbons (Fsp3) is 0.286. The molecule has 0 spiro atoms. The van der Waals surface area contributed by atoms with E-state index in [-0.39, 0.29) is 6.04 Å². The summed E-state index contributed by atoms with van der Waals surface area (Å²) in [5.74, 6) is 0. The Balaban J connectivity index is 1.49. The molecule has 0 fully saturated rings. The highest BCUT2D eigenvalue weighted by molar-refractivity contribution is 5.81. The molecule has 0 radical (unpaired) electrons. The van der Waals surface area contributed by atoms with Crippen molar-refractivity contribution < 1.29 is 0 Å². The van der Waals surface area contributed by atoms with Gasteiger partial charge in [-0.05, 0) is 45.4 Å². The lowest BCUT2D eigenvalue weighted by molar-refractivity contribution is 0.568. The van der Waals surface area contributed by atoms with Crippen molar-refractivity contribution in [1.29, 1.82) is 0 Å². The van der Waals surface area contributed by atoms with Crippen molar-refractivity contribution in [2.75, 3.05) is 6.54 Å². The molecule has 0 aliphatic rings. The van der Waals surface area contributed by atoms with Gasteiger partial charge in [-0.25, -0.2) is 9.50 Å². The Morgan fingerprint density at radius 2 is 1.96 bits per heavy atom. The molecule has 0 saturated carbocycles. The maximum Gasteiger partial charge on any atom is 0.155 e. The van der Waals surface area contributed by atoms with Gasteiger partial charge in [-0.2, -0.15) is 5.10 Å². The van der Waals surface area contributed by atoms with E-state index in [4.69, 9.17) is 0 Å². The molecule has 1 N–H and O–H groups in total. The van der Waals surface area contributed by atoms with Crippen LogP contribution in [0.15, 0.2) is 48.8 Å². The molecular formula is C21H23N5. The van der Waals surface area contributed by atoms with Gasteiger partial charge < -0.3 is 5.32 Å². The monoisotopic (exact) mass is 345 g/mol. The standard InChI is InChI=1S/C21H23N5/c1-14-12-20-24-13-19(16(3)26(20)25-14)15(2)22-11-9-18-7-4-6-17-8-5-10-23-21(17)18/h4-8,10,12-13,15,22H,9,11H2,1-3H3. The van der Waals surface area contributed by atoms with E-state index in [1.807, 2.05) is 36.0 Å². The average Bonchev–Trinajstić information content (AvgIpc) is 3.03. The minimum absolute atomic E-state index is 0.208. The van der Waals surface area contributed by atoms with Crippen LogP contribution in [0.1, 0.15) is 35.5 Å². The summed E-state index contributed by atoms with van der Waals surface area (Å²) in [6.45, 7) is 7.15. The molecule has 0 aliphatic carbocycles. The first-order valence-electron chi connectivity index (χ1n) is 9.01. The summed E-state index contributed by atoms with van der Waals surface area (Å²) in [7, 11) is 0. The van der Waals surface area contributed by atoms with Crippen molar-refractivity contribution in [1.82, 2.24) is 24.9 Å². The maximum atomic E-state index is 4.54. The molecule has 5 heteroatoms. The first kappa shape index (κ1) is 16.7. The summed E-state index contributed by atoms with van der Waals surface area (Å²) >= 11 is 0. The van der Waals surface area contributed by atoms with E-state index >= 15 is 0 Å². The third-order valence-corrected chi connectivity index (χ3v) is 4.91. The predicted octanol–water partition coefficient (Wildman–Crippen LogP) is 3.79. The van der Waals surface area contributed by atoms with Crippen LogP contribution in [-0.4, -0.2) is 26.1 Å². The van der Waals surface area contributed by atoms with Gasteiger partial charge in [0, 0.05) is 41.1 Å². The predicted molar refractivity (Wildman–Crippen MR) is 104 cm³/mol. The van der Waals surface area contributed by atoms with Gasteiger partial charge in [0.05, 0.1) is 11.2 Å². The molecule has 4 rings (SSSR count). The zero-order valence-corrected chi connectivity index (χ0v) is 15.4. The molecule has 1 aromatic carbocycles. The number of hydrogen-bond donors (Lipinski definition) is 1. The second-order valence-corrected chi connectivity index (χ2v) is 6.77. The van der Waals surface area contributed by atoms with E-state index in [0.717, 1.165) is 35.5 Å². The quantitative estimate of drug-likeness (QED) is 0.598. The number of nitrogens with one attached hydrogen (secondary N) is 1. The number of benzene rings is 1. The van der Waals surface area contributed by atoms with E-state index in [9.17, 15) is 0 Å². The molecule has 0 amide bonds. The van der Waals surface area contributed by atoms with Gasteiger partial charge in [-0.1, -0.05) is 24.3 Å². The maximum absolute atomic E-state index is 4.54. The van der Waals surface area contributed by atoms with Crippen LogP contribution < -0.4 is 5.32 Å². The lowest BCUT2D eigenvalue weighted by atomic mass is 10.1. The van der Waals surface area contributed by atoms with Gasteiger partial charge in [0.15, 0.2) is 5.65 Å². The number of fused-ring (bicyclic) bond motifs is 2. The lowest BCUT2D eigenvalue weighted by Gasteiger charge is -2.17. The smallest absolute Gasteiger partial charge is 0.155 e. The number of para-hydroxylation sites is 1. The number of aromatic nitrogens is 4. The van der Waals surface area contributed by atoms with Crippen LogP contribution in [0.2, 0.25) is 0 Å². The second-order valence-electron chi connectivity index (χ2n) is 6.77. The van der Waals surface area contributed by atoms with E-state index in [1.165, 1.54) is 16.5 Å². The number of pyridine rings is 1. The fourth-order valence-corrected chi connectivity index (χ4v) is 3.50. The third kappa shape index (κ3) is 3.06. The Kier molecular flexibility index (Phi) is 4.39. The minimum Gasteiger partial charge on any atom is -0.310 e. The van der Waals surface area contributed by atoms with Crippen LogP contribution in [0, 0.1) is 13.8 Å². The molecular weight excluding hydrogens is 322 g/mol. The Morgan fingerprint density at radius 3 is 2.85 bits per heavy atom. The molecule has 0 bridgehead atoms. The van der Waals surface area contributed by atoms with Crippen molar-refractivity contribution in [2.24, 2.45) is 0 Å². The Hall–Kier alpha value is -2.79. The highest BCUT2D eigenvalue weighted by atomic mass is 15.3. The van der Waals surface area contributed by atoms with Crippen molar-refractivity contribution in [3.05, 3.63) is 71.3 Å². The Bertz CT molecular complexity index is 1060. The molecule has 26 heavy (non-hydrogen) atoms. The van der Waals surface area contributed by atoms with Crippen LogP contribution in [0.4, 0.5) is 0 Å². The van der Waals surface area contributed by atoms with Crippen LogP contribution in [0.25, 0.3) is 16.6 Å². The highest BCUT2D eigenvalue weighted by Crippen LogP contribution is 2.19. The molecule has 1 atom stereocenters. The van der Waals surface area contributed by atoms with Crippen LogP contribution in [0.5, 0.6) is 0 Å². The van der Waals surface area contributed by atoms with Crippen molar-refractivity contribution in [2.45, 2.75) is 33.2 Å². The van der Waals surface area contributed by atoms with Gasteiger partial charge in [-0.3, -0.25) is 4.98 Å². The van der Waals surface area contributed by atoms with E-state index in [0.29, 0.717) is 0 Å². The summed E-state index contributed by atoms with van der Waals surface area (Å²) in [5, 5.41) is 9.34. The third-order valence-electron chi connectivity index (χ3n) is 4.91. The van der Waals surface area contributed by atoms with Crippen LogP contribution >= 0.6 is 0 Å². The minimum atomic E-state index is 0.208. The molecule has 132 valence electrons. The zero-order chi connectivity index (χ0) is 18.1. The summed E-state index contributed by atoms with van der Waals surface area (Å²) in [6.07, 6.45) is 4.76. The molecule has 3 heterocycles. The normalized spacial score (nSPS) is 12.7. The largest absolute Gasteiger partial charge is 0.310 e. The summed E-state index contributed by atoms with van der Waals surface area (Å²) in [5.41, 5.74) is 6.57. The number of rotatable bonds is 5. The Morgan fingerprint density at radius 1 is 1.12 bits per heavy atom. The molecule has 1 unspecified atom stereocenters. The second kappa shape index (κ2) is 6.84. The SMILES string of the molecule is Cc1cc2ncc(C(C)NCCc3cccc4cccnc34)c(C)n2n1. The van der Waals surface area contributed by atoms with Crippen LogP contribution in [0.3, 0.4) is 0 Å². The van der Waals surface area contributed by atoms with Gasteiger partial charge in [0.25, 0.3) is 0 Å². The highest BCUT2D eigenvalue weighted by Gasteiger charge is 2.13. The topological polar surface area (TPSA) is 55.1 Å². The lowest BCUT2D eigenvalue weighted by Crippen LogP contribution is -2.23. The molecule has 0 saturated heterocycles. The average molecular weight is 345 g/mol. The van der Waals surface area contributed by atoms with E-state index in [2.05, 4.69) is 58.5 Å². The first-order valence-corrected chi connectivity index (χ1v) is 9.01. The van der Waals surface area contributed by atoms with E-state index < -0.39 is 0 Å². The van der Waals surface area contributed by atoms with Gasteiger partial charge >= 0.3 is 0 Å². The van der Waals surface area contributed by atoms with Crippen molar-refractivity contribution in [3.8, 4) is 0 Å². The van der Waals surface area contributed by atoms with Gasteiger partial charge in [-0.15, -0.1) is 0 Å². The van der Waals surface area contributed by atoms with Crippen molar-refractivity contribution in [3.63, 3.8) is 0 Å². The number of hydrogen-bond acceptors (Lipinski definition) is 4. The van der Waals surface area contributed by atoms with Crippen LogP contribution in [-0.2, 0) is 6.42 Å². The summed E-state index contributed by atoms with van der Waals surface area (Å²) < 4.78 is 1.93. The van der Waals surface area contributed by atoms with Gasteiger partial charge in [0.2, 0.25) is 0 Å². The Labute approximate surface area is 153 Å². The number of aryl methyl sites for hydroxylation is 2. The molecule has 3 aromatic heterocycles. The van der Waals surface area contributed by atoms with E-state index in [1.54, 1.807) is 0 Å². The van der Waals surface area contributed by atoms with Crippen molar-refractivity contribution >= 4 is 16.6 Å². The first-order chi connectivity index (χ1) is 12.6. The molecule has 4 aromatic rings. The fourth-order valence-electron chi connectivity index (χ4n) is 3.50. The summed E-state index contributed by atoms with van der Waals surface area (Å²) in [4.78, 5) is 9.08. The molecule has 0 aliphatic heterocycles. The summed E-state index contributed by atoms with van der Waals surface area (Å²) in [6, 6.07) is 12.7. The zero-order valence-electron chi connectivity index (χ0n) is 15.4.